The first-order valence-corrected chi connectivity index (χ1v) is 10.5. The number of hydrogen-bond donors (Lipinski definition) is 1. The van der Waals surface area contributed by atoms with Crippen LogP contribution in [0.15, 0.2) is 57.8 Å². The minimum atomic E-state index is -0.859. The van der Waals surface area contributed by atoms with Gasteiger partial charge in [-0.05, 0) is 31.9 Å². The van der Waals surface area contributed by atoms with E-state index in [9.17, 15) is 14.4 Å². The Hall–Kier alpha value is -3.01. The molecule has 1 aliphatic carbocycles. The van der Waals surface area contributed by atoms with Gasteiger partial charge in [0.1, 0.15) is 17.8 Å². The second kappa shape index (κ2) is 8.85. The summed E-state index contributed by atoms with van der Waals surface area (Å²) in [5.41, 5.74) is 0.182. The molecule has 2 aromatic rings. The summed E-state index contributed by atoms with van der Waals surface area (Å²) in [7, 11) is 0. The number of fused-ring (bicyclic) bond motifs is 1. The van der Waals surface area contributed by atoms with E-state index in [2.05, 4.69) is 4.98 Å². The van der Waals surface area contributed by atoms with Crippen molar-refractivity contribution in [2.45, 2.75) is 51.4 Å². The molecule has 1 aromatic heterocycles. The van der Waals surface area contributed by atoms with Crippen molar-refractivity contribution in [1.29, 1.82) is 0 Å². The minimum Gasteiger partial charge on any atom is -0.462 e. The van der Waals surface area contributed by atoms with Crippen molar-refractivity contribution < 1.29 is 23.7 Å². The van der Waals surface area contributed by atoms with Gasteiger partial charge in [0.05, 0.1) is 25.9 Å². The zero-order chi connectivity index (χ0) is 22.9. The minimum absolute atomic E-state index is 0.111. The number of hydrogen-bond acceptors (Lipinski definition) is 7. The van der Waals surface area contributed by atoms with Gasteiger partial charge in [0.25, 0.3) is 5.56 Å². The molecule has 9 nitrogen and oxygen atoms in total. The fourth-order valence-corrected chi connectivity index (χ4v) is 4.03. The highest BCUT2D eigenvalue weighted by Crippen LogP contribution is 2.42. The van der Waals surface area contributed by atoms with Crippen LogP contribution in [0.1, 0.15) is 42.7 Å². The van der Waals surface area contributed by atoms with Gasteiger partial charge in [-0.2, -0.15) is 0 Å². The first-order valence-electron chi connectivity index (χ1n) is 10.5. The van der Waals surface area contributed by atoms with Crippen LogP contribution in [0.25, 0.3) is 0 Å². The molecule has 32 heavy (non-hydrogen) atoms. The summed E-state index contributed by atoms with van der Waals surface area (Å²) in [4.78, 5) is 39.1. The molecule has 2 heterocycles. The van der Waals surface area contributed by atoms with Crippen molar-refractivity contribution in [1.82, 2.24) is 9.55 Å². The van der Waals surface area contributed by atoms with Gasteiger partial charge < -0.3 is 18.9 Å². The van der Waals surface area contributed by atoms with Crippen LogP contribution in [0.4, 0.5) is 0 Å². The predicted octanol–water partition coefficient (Wildman–Crippen LogP) is 1.93. The molecule has 4 rings (SSSR count). The number of rotatable bonds is 7. The van der Waals surface area contributed by atoms with Gasteiger partial charge in [-0.3, -0.25) is 14.3 Å². The zero-order valence-corrected chi connectivity index (χ0v) is 18.2. The number of H-pyrrole nitrogens is 1. The fraction of sp³-hybridized carbons (Fsp3) is 0.435. The Balaban J connectivity index is 1.62. The quantitative estimate of drug-likeness (QED) is 0.516. The van der Waals surface area contributed by atoms with E-state index in [-0.39, 0.29) is 18.8 Å². The number of esters is 1. The van der Waals surface area contributed by atoms with Gasteiger partial charge in [0.15, 0.2) is 5.79 Å². The van der Waals surface area contributed by atoms with E-state index in [1.54, 1.807) is 20.8 Å². The van der Waals surface area contributed by atoms with Crippen molar-refractivity contribution in [3.63, 3.8) is 0 Å². The number of nitrogens with one attached hydrogen (secondary N) is 1. The molecule has 0 amide bonds. The standard InChI is InChI=1S/C23H26N2O7/c1-4-30-21(27)16-11-25(22(28)24-20(16)26)17-10-15(18-19(17)32-23(2,3)31-18)13-29-12-14-8-6-5-7-9-14/h5-11,17-19H,4,12-13H2,1-3H3,(H,24,26,28). The predicted molar refractivity (Wildman–Crippen MR) is 114 cm³/mol. The summed E-state index contributed by atoms with van der Waals surface area (Å²) < 4.78 is 24.2. The van der Waals surface area contributed by atoms with E-state index in [1.807, 2.05) is 36.4 Å². The van der Waals surface area contributed by atoms with Crippen LogP contribution in [0, 0.1) is 0 Å². The maximum absolute atomic E-state index is 12.6. The molecule has 3 atom stereocenters. The van der Waals surface area contributed by atoms with Crippen LogP contribution in [-0.4, -0.2) is 46.7 Å². The molecule has 2 aliphatic rings. The molecule has 1 aliphatic heterocycles. The van der Waals surface area contributed by atoms with Gasteiger partial charge >= 0.3 is 11.7 Å². The van der Waals surface area contributed by atoms with Crippen LogP contribution >= 0.6 is 0 Å². The van der Waals surface area contributed by atoms with Crippen LogP contribution in [0.3, 0.4) is 0 Å². The third-order valence-electron chi connectivity index (χ3n) is 5.38. The summed E-state index contributed by atoms with van der Waals surface area (Å²) in [5, 5.41) is 0. The second-order valence-corrected chi connectivity index (χ2v) is 8.16. The number of carbonyl (C=O) groups is 1. The Morgan fingerprint density at radius 1 is 1.16 bits per heavy atom. The van der Waals surface area contributed by atoms with E-state index >= 15 is 0 Å². The molecule has 0 radical (unpaired) electrons. The first-order chi connectivity index (χ1) is 15.3. The maximum Gasteiger partial charge on any atom is 0.345 e. The monoisotopic (exact) mass is 442 g/mol. The van der Waals surface area contributed by atoms with E-state index < -0.39 is 41.3 Å². The van der Waals surface area contributed by atoms with Gasteiger partial charge in [-0.15, -0.1) is 0 Å². The molecule has 3 unspecified atom stereocenters. The number of carbonyl (C=O) groups excluding carboxylic acids is 1. The highest BCUT2D eigenvalue weighted by Gasteiger charge is 2.50. The van der Waals surface area contributed by atoms with E-state index in [4.69, 9.17) is 18.9 Å². The lowest BCUT2D eigenvalue weighted by Gasteiger charge is -2.22. The number of benzene rings is 1. The SMILES string of the molecule is CCOC(=O)c1cn(C2C=C(COCc3ccccc3)C3OC(C)(C)OC32)c(=O)[nH]c1=O. The Kier molecular flexibility index (Phi) is 6.14. The van der Waals surface area contributed by atoms with Gasteiger partial charge in [0, 0.05) is 6.20 Å². The molecule has 1 fully saturated rings. The number of nitrogens with zero attached hydrogens (tertiary/aromatic N) is 1. The normalized spacial score (nSPS) is 23.6. The highest BCUT2D eigenvalue weighted by molar-refractivity contribution is 5.88. The van der Waals surface area contributed by atoms with Crippen LogP contribution in [0.5, 0.6) is 0 Å². The van der Waals surface area contributed by atoms with E-state index in [1.165, 1.54) is 10.8 Å². The number of ether oxygens (including phenoxy) is 4. The Bertz CT molecular complexity index is 1130. The smallest absolute Gasteiger partial charge is 0.345 e. The van der Waals surface area contributed by atoms with E-state index in [0.29, 0.717) is 6.61 Å². The van der Waals surface area contributed by atoms with Crippen molar-refractivity contribution in [3.05, 3.63) is 80.1 Å². The van der Waals surface area contributed by atoms with Crippen molar-refractivity contribution >= 4 is 5.97 Å². The topological polar surface area (TPSA) is 109 Å². The number of aromatic amines is 1. The maximum atomic E-state index is 12.6. The molecule has 1 aromatic carbocycles. The zero-order valence-electron chi connectivity index (χ0n) is 18.2. The highest BCUT2D eigenvalue weighted by atomic mass is 16.8. The summed E-state index contributed by atoms with van der Waals surface area (Å²) >= 11 is 0. The number of aromatic nitrogens is 2. The molecule has 0 bridgehead atoms. The van der Waals surface area contributed by atoms with Crippen LogP contribution in [0.2, 0.25) is 0 Å². The summed E-state index contributed by atoms with van der Waals surface area (Å²) in [6, 6.07) is 9.19. The van der Waals surface area contributed by atoms with Crippen molar-refractivity contribution in [2.24, 2.45) is 0 Å². The molecule has 1 N–H and O–H groups in total. The van der Waals surface area contributed by atoms with E-state index in [0.717, 1.165) is 11.1 Å². The van der Waals surface area contributed by atoms with Crippen molar-refractivity contribution in [2.75, 3.05) is 13.2 Å². The first kappa shape index (κ1) is 22.2. The lowest BCUT2D eigenvalue weighted by molar-refractivity contribution is -0.148. The third kappa shape index (κ3) is 4.45. The Morgan fingerprint density at radius 2 is 1.91 bits per heavy atom. The summed E-state index contributed by atoms with van der Waals surface area (Å²) in [5.74, 6) is -1.65. The van der Waals surface area contributed by atoms with Crippen LogP contribution in [-0.2, 0) is 25.6 Å². The average Bonchev–Trinajstić information content (AvgIpc) is 3.22. The third-order valence-corrected chi connectivity index (χ3v) is 5.38. The average molecular weight is 442 g/mol. The van der Waals surface area contributed by atoms with Crippen molar-refractivity contribution in [3.8, 4) is 0 Å². The lowest BCUT2D eigenvalue weighted by Crippen LogP contribution is -2.39. The largest absolute Gasteiger partial charge is 0.462 e. The molecule has 0 spiro atoms. The Labute approximate surface area is 184 Å². The molecule has 170 valence electrons. The van der Waals surface area contributed by atoms with Gasteiger partial charge in [-0.1, -0.05) is 36.4 Å². The summed E-state index contributed by atoms with van der Waals surface area (Å²) in [6.07, 6.45) is 2.12. The fourth-order valence-electron chi connectivity index (χ4n) is 4.03. The Morgan fingerprint density at radius 3 is 2.62 bits per heavy atom. The van der Waals surface area contributed by atoms with Gasteiger partial charge in [-0.25, -0.2) is 9.59 Å². The molecular weight excluding hydrogens is 416 g/mol. The molecule has 0 saturated carbocycles. The molecule has 1 saturated heterocycles. The molecular formula is C23H26N2O7. The lowest BCUT2D eigenvalue weighted by atomic mass is 10.1. The molecule has 9 heteroatoms. The second-order valence-electron chi connectivity index (χ2n) is 8.16. The van der Waals surface area contributed by atoms with Gasteiger partial charge in [0.2, 0.25) is 0 Å². The van der Waals surface area contributed by atoms with Crippen LogP contribution < -0.4 is 11.2 Å². The summed E-state index contributed by atoms with van der Waals surface area (Å²) in [6.45, 7) is 6.05.